The first-order chi connectivity index (χ1) is 20.1. The summed E-state index contributed by atoms with van der Waals surface area (Å²) in [5.74, 6) is 1.41. The molecule has 11 heteroatoms. The molecule has 2 aromatic rings. The van der Waals surface area contributed by atoms with Gasteiger partial charge in [-0.15, -0.1) is 0 Å². The zero-order valence-corrected chi connectivity index (χ0v) is 24.7. The average molecular weight is 577 g/mol. The monoisotopic (exact) mass is 576 g/mol. The Morgan fingerprint density at radius 1 is 1.17 bits per heavy atom. The van der Waals surface area contributed by atoms with Gasteiger partial charge in [-0.25, -0.2) is 0 Å². The van der Waals surface area contributed by atoms with Gasteiger partial charge in [0.1, 0.15) is 11.8 Å². The minimum absolute atomic E-state index is 0.0136. The molecule has 4 heterocycles. The number of aryl methyl sites for hydroxylation is 1. The fourth-order valence-electron chi connectivity index (χ4n) is 7.65. The molecular weight excluding hydrogens is 540 g/mol. The van der Waals surface area contributed by atoms with Gasteiger partial charge < -0.3 is 29.4 Å². The Balaban J connectivity index is 1.62. The number of phenols is 1. The second-order valence-corrected chi connectivity index (χ2v) is 11.5. The molecule has 4 aliphatic heterocycles. The number of rotatable bonds is 5. The Morgan fingerprint density at radius 3 is 2.57 bits per heavy atom. The Hall–Kier alpha value is -4.01. The van der Waals surface area contributed by atoms with Crippen LogP contribution in [0, 0.1) is 25.2 Å². The van der Waals surface area contributed by atoms with Gasteiger partial charge in [-0.05, 0) is 44.9 Å². The van der Waals surface area contributed by atoms with Crippen LogP contribution in [-0.2, 0) is 22.4 Å². The molecule has 6 rings (SSSR count). The van der Waals surface area contributed by atoms with Gasteiger partial charge in [0, 0.05) is 54.2 Å². The quantitative estimate of drug-likeness (QED) is 0.404. The molecule has 1 amide bonds. The van der Waals surface area contributed by atoms with Gasteiger partial charge in [0.25, 0.3) is 0 Å². The predicted molar refractivity (Wildman–Crippen MR) is 151 cm³/mol. The van der Waals surface area contributed by atoms with Crippen LogP contribution in [0.1, 0.15) is 65.7 Å². The molecule has 1 unspecified atom stereocenters. The van der Waals surface area contributed by atoms with Gasteiger partial charge in [-0.3, -0.25) is 19.4 Å². The van der Waals surface area contributed by atoms with Crippen LogP contribution in [0.2, 0.25) is 0 Å². The van der Waals surface area contributed by atoms with E-state index in [2.05, 4.69) is 21.2 Å². The van der Waals surface area contributed by atoms with E-state index in [1.54, 1.807) is 14.0 Å². The molecule has 0 radical (unpaired) electrons. The molecule has 2 N–H and O–H groups in total. The number of hydrogen-bond acceptors (Lipinski definition) is 10. The number of piperazine rings is 1. The number of ether oxygens (including phenoxy) is 4. The maximum absolute atomic E-state index is 12.6. The smallest absolute Gasteiger partial charge is 0.308 e. The first-order valence-electron chi connectivity index (χ1n) is 14.3. The maximum Gasteiger partial charge on any atom is 0.308 e. The molecule has 1 fully saturated rings. The highest BCUT2D eigenvalue weighted by Crippen LogP contribution is 2.58. The van der Waals surface area contributed by atoms with E-state index in [-0.39, 0.29) is 43.1 Å². The third-order valence-electron chi connectivity index (χ3n) is 9.32. The number of nitriles is 1. The molecule has 0 aromatic heterocycles. The number of carbonyl (C=O) groups excluding carboxylic acids is 2. The highest BCUT2D eigenvalue weighted by molar-refractivity contribution is 5.76. The highest BCUT2D eigenvalue weighted by atomic mass is 16.7. The van der Waals surface area contributed by atoms with Gasteiger partial charge >= 0.3 is 5.97 Å². The number of hydrogen-bond donors (Lipinski definition) is 2. The zero-order chi connectivity index (χ0) is 30.0. The topological polar surface area (TPSA) is 134 Å². The minimum Gasteiger partial charge on any atom is -0.504 e. The van der Waals surface area contributed by atoms with Crippen LogP contribution in [0.3, 0.4) is 0 Å². The predicted octanol–water partition coefficient (Wildman–Crippen LogP) is 2.97. The van der Waals surface area contributed by atoms with Crippen molar-refractivity contribution in [1.29, 1.82) is 5.26 Å². The summed E-state index contributed by atoms with van der Waals surface area (Å²) in [6, 6.07) is 2.80. The van der Waals surface area contributed by atoms with Gasteiger partial charge in [0.15, 0.2) is 23.0 Å². The van der Waals surface area contributed by atoms with Crippen molar-refractivity contribution in [2.75, 3.05) is 27.5 Å². The number of likely N-dealkylation sites (N-methyl/N-ethyl adjacent to an activating group) is 1. The molecule has 5 atom stereocenters. The van der Waals surface area contributed by atoms with Gasteiger partial charge in [0.2, 0.25) is 12.7 Å². The standard InChI is InChI=1S/C31H36N4O7/c1-7-23(37)33-12-22-25-18(29(42-16(4)36)15(3)30-31(25)41-13-40-30)10-20-26-24-17(8-14(2)28(39-6)27(24)38)9-19(34(26)5)21(11-32)35(20)22/h8,19-22,26,38H,7,9-10,12-13H2,1-6H3,(H,33,37)/t19-,20?,21+,22+,26+/m1/s1. The summed E-state index contributed by atoms with van der Waals surface area (Å²) in [6.45, 7) is 7.12. The lowest BCUT2D eigenvalue weighted by Gasteiger charge is -2.60. The highest BCUT2D eigenvalue weighted by Gasteiger charge is 2.56. The number of carbonyl (C=O) groups is 2. The van der Waals surface area contributed by atoms with E-state index in [0.717, 1.165) is 27.8 Å². The van der Waals surface area contributed by atoms with Crippen molar-refractivity contribution in [3.63, 3.8) is 0 Å². The lowest BCUT2D eigenvalue weighted by Crippen LogP contribution is -2.68. The van der Waals surface area contributed by atoms with Crippen molar-refractivity contribution in [3.05, 3.63) is 39.4 Å². The van der Waals surface area contributed by atoms with Crippen LogP contribution in [0.5, 0.6) is 28.7 Å². The van der Waals surface area contributed by atoms with Crippen molar-refractivity contribution in [1.82, 2.24) is 15.1 Å². The zero-order valence-electron chi connectivity index (χ0n) is 24.7. The normalized spacial score (nSPS) is 25.5. The second kappa shape index (κ2) is 10.4. The third-order valence-corrected chi connectivity index (χ3v) is 9.32. The molecule has 42 heavy (non-hydrogen) atoms. The largest absolute Gasteiger partial charge is 0.504 e. The number of benzene rings is 2. The third kappa shape index (κ3) is 4.00. The number of phenolic OH excluding ortho intramolecular Hbond substituents is 1. The lowest BCUT2D eigenvalue weighted by atomic mass is 9.71. The Bertz CT molecular complexity index is 1530. The van der Waals surface area contributed by atoms with E-state index < -0.39 is 18.1 Å². The molecule has 222 valence electrons. The first-order valence-corrected chi connectivity index (χ1v) is 14.3. The van der Waals surface area contributed by atoms with Crippen molar-refractivity contribution in [3.8, 4) is 34.8 Å². The molecule has 0 aliphatic carbocycles. The summed E-state index contributed by atoms with van der Waals surface area (Å²) in [4.78, 5) is 29.3. The number of methoxy groups -OCH3 is 1. The fourth-order valence-corrected chi connectivity index (χ4v) is 7.65. The molecule has 2 bridgehead atoms. The number of esters is 1. The van der Waals surface area contributed by atoms with Crippen LogP contribution in [-0.4, -0.2) is 72.4 Å². The van der Waals surface area contributed by atoms with Crippen molar-refractivity contribution >= 4 is 11.9 Å². The lowest BCUT2D eigenvalue weighted by molar-refractivity contribution is -0.132. The summed E-state index contributed by atoms with van der Waals surface area (Å²) in [5.41, 5.74) is 4.78. The van der Waals surface area contributed by atoms with E-state index in [9.17, 15) is 20.0 Å². The summed E-state index contributed by atoms with van der Waals surface area (Å²) in [6.07, 6.45) is 1.28. The molecular formula is C31H36N4O7. The average Bonchev–Trinajstić information content (AvgIpc) is 3.44. The number of nitrogens with one attached hydrogen (secondary N) is 1. The van der Waals surface area contributed by atoms with Crippen molar-refractivity contribution in [2.45, 2.75) is 77.2 Å². The van der Waals surface area contributed by atoms with Crippen LogP contribution < -0.4 is 24.3 Å². The molecule has 0 spiro atoms. The van der Waals surface area contributed by atoms with Gasteiger partial charge in [-0.1, -0.05) is 13.0 Å². The Morgan fingerprint density at radius 2 is 1.90 bits per heavy atom. The van der Waals surface area contributed by atoms with E-state index >= 15 is 0 Å². The van der Waals surface area contributed by atoms with Crippen molar-refractivity contribution in [2.24, 2.45) is 0 Å². The first kappa shape index (κ1) is 28.1. The molecule has 11 nitrogen and oxygen atoms in total. The van der Waals surface area contributed by atoms with E-state index in [1.165, 1.54) is 6.92 Å². The summed E-state index contributed by atoms with van der Waals surface area (Å²) >= 11 is 0. The van der Waals surface area contributed by atoms with Crippen LogP contribution in [0.4, 0.5) is 0 Å². The van der Waals surface area contributed by atoms with Gasteiger partial charge in [0.05, 0.1) is 25.3 Å². The van der Waals surface area contributed by atoms with E-state index in [1.807, 2.05) is 27.0 Å². The van der Waals surface area contributed by atoms with E-state index in [0.29, 0.717) is 47.8 Å². The molecule has 2 aromatic carbocycles. The molecule has 4 aliphatic rings. The van der Waals surface area contributed by atoms with Crippen LogP contribution >= 0.6 is 0 Å². The molecule has 1 saturated heterocycles. The summed E-state index contributed by atoms with van der Waals surface area (Å²) < 4.78 is 23.3. The number of fused-ring (bicyclic) bond motifs is 9. The van der Waals surface area contributed by atoms with Crippen LogP contribution in [0.15, 0.2) is 6.07 Å². The fraction of sp³-hybridized carbons (Fsp3) is 0.516. The summed E-state index contributed by atoms with van der Waals surface area (Å²) in [5, 5.41) is 25.3. The number of nitrogens with zero attached hydrogens (tertiary/aromatic N) is 3. The number of aromatic hydroxyl groups is 1. The Labute approximate surface area is 244 Å². The Kier molecular flexibility index (Phi) is 6.94. The van der Waals surface area contributed by atoms with Gasteiger partial charge in [-0.2, -0.15) is 5.26 Å². The maximum atomic E-state index is 12.6. The summed E-state index contributed by atoms with van der Waals surface area (Å²) in [7, 11) is 3.54. The van der Waals surface area contributed by atoms with Crippen molar-refractivity contribution < 1.29 is 33.6 Å². The van der Waals surface area contributed by atoms with Crippen LogP contribution in [0.25, 0.3) is 0 Å². The SMILES string of the molecule is CCC(=O)NC[C@H]1c2c(c(OC(C)=O)c(C)c3c2OCO3)CC2[C@H]3c4c(cc(C)c(OC)c4O)C[C@H]([C@H](C#N)N21)N3C. The van der Waals surface area contributed by atoms with E-state index in [4.69, 9.17) is 18.9 Å². The second-order valence-electron chi connectivity index (χ2n) is 11.5. The molecule has 0 saturated carbocycles. The minimum atomic E-state index is -0.540. The number of amides is 1.